The van der Waals surface area contributed by atoms with E-state index in [-0.39, 0.29) is 18.6 Å². The summed E-state index contributed by atoms with van der Waals surface area (Å²) in [6.07, 6.45) is 4.15. The Bertz CT molecular complexity index is 498. The molecular weight excluding hydrogens is 268 g/mol. The minimum absolute atomic E-state index is 0.224. The van der Waals surface area contributed by atoms with Crippen LogP contribution in [0.3, 0.4) is 0 Å². The molecule has 1 aliphatic carbocycles. The summed E-state index contributed by atoms with van der Waals surface area (Å²) in [5.41, 5.74) is 1.21. The lowest BCUT2D eigenvalue weighted by atomic mass is 10.1. The molecule has 5 heteroatoms. The first-order chi connectivity index (χ1) is 10.2. The van der Waals surface area contributed by atoms with E-state index in [2.05, 4.69) is 17.6 Å². The van der Waals surface area contributed by atoms with Crippen molar-refractivity contribution in [3.05, 3.63) is 29.8 Å². The van der Waals surface area contributed by atoms with E-state index in [1.165, 1.54) is 0 Å². The van der Waals surface area contributed by atoms with Crippen molar-refractivity contribution in [2.75, 3.05) is 18.5 Å². The molecule has 0 saturated heterocycles. The third-order valence-electron chi connectivity index (χ3n) is 3.27. The number of para-hydroxylation sites is 1. The van der Waals surface area contributed by atoms with Crippen LogP contribution < -0.4 is 10.6 Å². The fourth-order valence-electron chi connectivity index (χ4n) is 1.92. The molecule has 21 heavy (non-hydrogen) atoms. The lowest BCUT2D eigenvalue weighted by Gasteiger charge is -2.11. The van der Waals surface area contributed by atoms with Crippen LogP contribution in [0, 0.1) is 0 Å². The average Bonchev–Trinajstić information content (AvgIpc) is 3.29. The molecule has 114 valence electrons. The first-order valence-corrected chi connectivity index (χ1v) is 7.50. The van der Waals surface area contributed by atoms with Gasteiger partial charge in [-0.25, -0.2) is 4.79 Å². The zero-order valence-corrected chi connectivity index (χ0v) is 12.4. The monoisotopic (exact) mass is 290 g/mol. The smallest absolute Gasteiger partial charge is 0.340 e. The van der Waals surface area contributed by atoms with Gasteiger partial charge in [0.1, 0.15) is 0 Å². The van der Waals surface area contributed by atoms with Crippen LogP contribution in [0.15, 0.2) is 24.3 Å². The number of amides is 1. The van der Waals surface area contributed by atoms with Crippen LogP contribution in [0.4, 0.5) is 5.69 Å². The summed E-state index contributed by atoms with van der Waals surface area (Å²) in [5, 5.41) is 6.01. The van der Waals surface area contributed by atoms with E-state index >= 15 is 0 Å². The Morgan fingerprint density at radius 1 is 1.29 bits per heavy atom. The van der Waals surface area contributed by atoms with Crippen molar-refractivity contribution < 1.29 is 14.3 Å². The normalized spacial score (nSPS) is 13.6. The molecule has 0 heterocycles. The Morgan fingerprint density at radius 3 is 2.76 bits per heavy atom. The summed E-state index contributed by atoms with van der Waals surface area (Å²) < 4.78 is 5.07. The zero-order valence-electron chi connectivity index (χ0n) is 12.4. The van der Waals surface area contributed by atoms with Gasteiger partial charge in [0.2, 0.25) is 0 Å². The van der Waals surface area contributed by atoms with Gasteiger partial charge in [-0.2, -0.15) is 0 Å². The number of esters is 1. The number of carbonyl (C=O) groups excluding carboxylic acids is 2. The van der Waals surface area contributed by atoms with Crippen molar-refractivity contribution in [2.45, 2.75) is 38.6 Å². The molecule has 1 fully saturated rings. The van der Waals surface area contributed by atoms with E-state index in [0.717, 1.165) is 37.9 Å². The zero-order chi connectivity index (χ0) is 15.1. The molecule has 1 aliphatic rings. The maximum absolute atomic E-state index is 12.1. The Hall–Kier alpha value is -2.04. The number of carbonyl (C=O) groups is 2. The molecule has 1 aromatic rings. The van der Waals surface area contributed by atoms with E-state index in [1.54, 1.807) is 12.1 Å². The maximum atomic E-state index is 12.1. The molecule has 2 N–H and O–H groups in total. The van der Waals surface area contributed by atoms with Crippen LogP contribution in [0.5, 0.6) is 0 Å². The first kappa shape index (κ1) is 15.4. The third kappa shape index (κ3) is 5.10. The van der Waals surface area contributed by atoms with Crippen LogP contribution in [-0.2, 0) is 9.53 Å². The second-order valence-corrected chi connectivity index (χ2v) is 5.24. The van der Waals surface area contributed by atoms with Crippen LogP contribution in [0.1, 0.15) is 43.0 Å². The summed E-state index contributed by atoms with van der Waals surface area (Å²) in [7, 11) is 0. The van der Waals surface area contributed by atoms with Crippen molar-refractivity contribution in [3.63, 3.8) is 0 Å². The lowest BCUT2D eigenvalue weighted by Crippen LogP contribution is -2.30. The Balaban J connectivity index is 1.86. The van der Waals surface area contributed by atoms with Crippen molar-refractivity contribution in [2.24, 2.45) is 0 Å². The quantitative estimate of drug-likeness (QED) is 0.569. The minimum atomic E-state index is -0.472. The predicted octanol–water partition coefficient (Wildman–Crippen LogP) is 2.33. The number of nitrogens with one attached hydrogen (secondary N) is 2. The molecule has 0 spiro atoms. The van der Waals surface area contributed by atoms with E-state index < -0.39 is 5.97 Å². The second-order valence-electron chi connectivity index (χ2n) is 5.24. The van der Waals surface area contributed by atoms with Gasteiger partial charge in [0.05, 0.1) is 5.56 Å². The molecule has 5 nitrogen and oxygen atoms in total. The summed E-state index contributed by atoms with van der Waals surface area (Å²) in [6.45, 7) is 2.70. The highest BCUT2D eigenvalue weighted by atomic mass is 16.5. The van der Waals surface area contributed by atoms with Gasteiger partial charge in [0, 0.05) is 18.3 Å². The van der Waals surface area contributed by atoms with E-state index in [0.29, 0.717) is 5.56 Å². The molecule has 0 atom stereocenters. The lowest BCUT2D eigenvalue weighted by molar-refractivity contribution is -0.124. The molecule has 1 amide bonds. The Morgan fingerprint density at radius 2 is 2.05 bits per heavy atom. The van der Waals surface area contributed by atoms with E-state index in [4.69, 9.17) is 4.74 Å². The van der Waals surface area contributed by atoms with Crippen LogP contribution in [0.25, 0.3) is 0 Å². The van der Waals surface area contributed by atoms with Gasteiger partial charge in [-0.1, -0.05) is 25.5 Å². The average molecular weight is 290 g/mol. The fourth-order valence-corrected chi connectivity index (χ4v) is 1.92. The second kappa shape index (κ2) is 7.67. The molecule has 0 aromatic heterocycles. The number of hydrogen-bond donors (Lipinski definition) is 2. The van der Waals surface area contributed by atoms with Crippen LogP contribution in [0.2, 0.25) is 0 Å². The molecule has 1 aromatic carbocycles. The van der Waals surface area contributed by atoms with Crippen molar-refractivity contribution in [1.82, 2.24) is 5.32 Å². The van der Waals surface area contributed by atoms with Crippen molar-refractivity contribution in [3.8, 4) is 0 Å². The molecule has 0 aliphatic heterocycles. The van der Waals surface area contributed by atoms with Gasteiger partial charge in [-0.3, -0.25) is 4.79 Å². The fraction of sp³-hybridized carbons (Fsp3) is 0.500. The van der Waals surface area contributed by atoms with Gasteiger partial charge in [-0.05, 0) is 31.4 Å². The van der Waals surface area contributed by atoms with Gasteiger partial charge in [0.25, 0.3) is 5.91 Å². The van der Waals surface area contributed by atoms with Gasteiger partial charge in [-0.15, -0.1) is 0 Å². The Kier molecular flexibility index (Phi) is 5.60. The Labute approximate surface area is 125 Å². The number of hydrogen-bond acceptors (Lipinski definition) is 4. The highest BCUT2D eigenvalue weighted by molar-refractivity contribution is 5.96. The van der Waals surface area contributed by atoms with Crippen LogP contribution >= 0.6 is 0 Å². The highest BCUT2D eigenvalue weighted by Gasteiger charge is 2.23. The molecular formula is C16H22N2O3. The number of unbranched alkanes of at least 4 members (excludes halogenated alkanes) is 1. The van der Waals surface area contributed by atoms with Crippen molar-refractivity contribution >= 4 is 17.6 Å². The SMILES string of the molecule is CCCCNc1ccccc1C(=O)OCC(=O)NC1CC1. The van der Waals surface area contributed by atoms with E-state index in [1.807, 2.05) is 12.1 Å². The summed E-state index contributed by atoms with van der Waals surface area (Å²) in [5.74, 6) is -0.706. The first-order valence-electron chi connectivity index (χ1n) is 7.50. The summed E-state index contributed by atoms with van der Waals surface area (Å²) in [6, 6.07) is 7.47. The van der Waals surface area contributed by atoms with Crippen molar-refractivity contribution in [1.29, 1.82) is 0 Å². The van der Waals surface area contributed by atoms with Gasteiger partial charge >= 0.3 is 5.97 Å². The van der Waals surface area contributed by atoms with Crippen LogP contribution in [-0.4, -0.2) is 31.1 Å². The molecule has 0 unspecified atom stereocenters. The highest BCUT2D eigenvalue weighted by Crippen LogP contribution is 2.19. The number of rotatable bonds is 8. The van der Waals surface area contributed by atoms with Gasteiger partial charge in [0.15, 0.2) is 6.61 Å². The summed E-state index contributed by atoms with van der Waals surface area (Å²) >= 11 is 0. The number of benzene rings is 1. The topological polar surface area (TPSA) is 67.4 Å². The predicted molar refractivity (Wildman–Crippen MR) is 81.3 cm³/mol. The third-order valence-corrected chi connectivity index (χ3v) is 3.27. The molecule has 1 saturated carbocycles. The largest absolute Gasteiger partial charge is 0.452 e. The van der Waals surface area contributed by atoms with E-state index in [9.17, 15) is 9.59 Å². The molecule has 2 rings (SSSR count). The number of anilines is 1. The van der Waals surface area contributed by atoms with Gasteiger partial charge < -0.3 is 15.4 Å². The molecule has 0 radical (unpaired) electrons. The standard InChI is InChI=1S/C16H22N2O3/c1-2-3-10-17-14-7-5-4-6-13(14)16(20)21-11-15(19)18-12-8-9-12/h4-7,12,17H,2-3,8-11H2,1H3,(H,18,19). The number of ether oxygens (including phenoxy) is 1. The maximum Gasteiger partial charge on any atom is 0.340 e. The summed E-state index contributed by atoms with van der Waals surface area (Å²) in [4.78, 5) is 23.6. The molecule has 0 bridgehead atoms. The minimum Gasteiger partial charge on any atom is -0.452 e.